The van der Waals surface area contributed by atoms with Crippen molar-refractivity contribution in [3.8, 4) is 11.1 Å². The van der Waals surface area contributed by atoms with Gasteiger partial charge in [-0.2, -0.15) is 0 Å². The Balaban J connectivity index is 1.68. The van der Waals surface area contributed by atoms with Gasteiger partial charge in [-0.1, -0.05) is 48.5 Å². The highest BCUT2D eigenvalue weighted by Gasteiger charge is 2.40. The second-order valence-electron chi connectivity index (χ2n) is 7.65. The zero-order chi connectivity index (χ0) is 19.0. The number of benzene rings is 2. The van der Waals surface area contributed by atoms with E-state index in [0.29, 0.717) is 12.2 Å². The first-order chi connectivity index (χ1) is 13.0. The summed E-state index contributed by atoms with van der Waals surface area (Å²) in [6.07, 6.45) is 3.16. The van der Waals surface area contributed by atoms with Crippen LogP contribution in [0.25, 0.3) is 11.1 Å². The first-order valence-corrected chi connectivity index (χ1v) is 9.56. The molecule has 1 saturated heterocycles. The molecule has 2 unspecified atom stereocenters. The van der Waals surface area contributed by atoms with E-state index in [4.69, 9.17) is 4.74 Å². The first kappa shape index (κ1) is 17.9. The predicted molar refractivity (Wildman–Crippen MR) is 106 cm³/mol. The van der Waals surface area contributed by atoms with E-state index >= 15 is 0 Å². The molecular weight excluding hydrogens is 336 g/mol. The molecule has 1 saturated carbocycles. The molecule has 3 nitrogen and oxygen atoms in total. The summed E-state index contributed by atoms with van der Waals surface area (Å²) in [6.45, 7) is 5.39. The minimum atomic E-state index is -0.650. The number of allylic oxidation sites excluding steroid dienone is 1. The number of Topliss-reactive ketones (excluding diaryl/α,β-unsaturated/α-hetero) is 2. The molecule has 138 valence electrons. The van der Waals surface area contributed by atoms with Crippen LogP contribution in [0.15, 0.2) is 54.1 Å². The smallest absolute Gasteiger partial charge is 0.173 e. The summed E-state index contributed by atoms with van der Waals surface area (Å²) in [5.74, 6) is -0.393. The third-order valence-corrected chi connectivity index (χ3v) is 5.66. The van der Waals surface area contributed by atoms with Crippen LogP contribution in [-0.2, 0) is 14.3 Å². The van der Waals surface area contributed by atoms with Crippen molar-refractivity contribution < 1.29 is 14.3 Å². The molecule has 2 aliphatic rings. The average Bonchev–Trinajstić information content (AvgIpc) is 3.25. The molecule has 0 radical (unpaired) electrons. The average molecular weight is 360 g/mol. The van der Waals surface area contributed by atoms with E-state index < -0.39 is 5.92 Å². The fourth-order valence-electron chi connectivity index (χ4n) is 4.34. The van der Waals surface area contributed by atoms with E-state index in [1.807, 2.05) is 38.1 Å². The maximum absolute atomic E-state index is 13.0. The number of ketones is 2. The number of hydrogen-bond donors (Lipinski definition) is 0. The first-order valence-electron chi connectivity index (χ1n) is 9.56. The molecule has 0 N–H and O–H groups in total. The van der Waals surface area contributed by atoms with Crippen molar-refractivity contribution in [2.75, 3.05) is 13.2 Å². The van der Waals surface area contributed by atoms with Gasteiger partial charge in [0, 0.05) is 24.5 Å². The lowest BCUT2D eigenvalue weighted by atomic mass is 9.85. The fourth-order valence-corrected chi connectivity index (χ4v) is 4.34. The molecule has 2 aromatic rings. The standard InChI is InChI=1S/C24H24O3/c1-15-10-19(18-6-4-3-5-7-18)11-16(2)22(15)23-21(25)13-20(24(23)26)12-17-8-9-27-14-17/h3-7,10-12,17,23H,8-9,13-14H2,1-2H3/b20-12+. The van der Waals surface area contributed by atoms with Gasteiger partial charge >= 0.3 is 0 Å². The molecule has 2 fully saturated rings. The molecule has 1 heterocycles. The number of aryl methyl sites for hydroxylation is 2. The van der Waals surface area contributed by atoms with Crippen molar-refractivity contribution in [1.82, 2.24) is 0 Å². The van der Waals surface area contributed by atoms with Crippen molar-refractivity contribution in [1.29, 1.82) is 0 Å². The molecule has 1 aliphatic carbocycles. The topological polar surface area (TPSA) is 43.4 Å². The lowest BCUT2D eigenvalue weighted by molar-refractivity contribution is -0.123. The lowest BCUT2D eigenvalue weighted by Gasteiger charge is -2.16. The van der Waals surface area contributed by atoms with Crippen LogP contribution < -0.4 is 0 Å². The van der Waals surface area contributed by atoms with Crippen molar-refractivity contribution in [2.45, 2.75) is 32.6 Å². The molecule has 0 spiro atoms. The van der Waals surface area contributed by atoms with Crippen LogP contribution in [0.2, 0.25) is 0 Å². The molecule has 1 aliphatic heterocycles. The van der Waals surface area contributed by atoms with Gasteiger partial charge in [-0.3, -0.25) is 9.59 Å². The van der Waals surface area contributed by atoms with Crippen LogP contribution in [0.4, 0.5) is 0 Å². The molecule has 27 heavy (non-hydrogen) atoms. The Kier molecular flexibility index (Phi) is 4.79. The van der Waals surface area contributed by atoms with Gasteiger partial charge in [0.2, 0.25) is 0 Å². The number of carbonyl (C=O) groups excluding carboxylic acids is 2. The number of ether oxygens (including phenoxy) is 1. The number of carbonyl (C=O) groups is 2. The normalized spacial score (nSPS) is 24.1. The van der Waals surface area contributed by atoms with Gasteiger partial charge in [-0.25, -0.2) is 0 Å². The highest BCUT2D eigenvalue weighted by molar-refractivity contribution is 6.23. The summed E-state index contributed by atoms with van der Waals surface area (Å²) >= 11 is 0. The molecule has 0 amide bonds. The zero-order valence-electron chi connectivity index (χ0n) is 15.8. The van der Waals surface area contributed by atoms with E-state index in [1.165, 1.54) is 0 Å². The van der Waals surface area contributed by atoms with Crippen molar-refractivity contribution in [3.05, 3.63) is 70.8 Å². The van der Waals surface area contributed by atoms with Crippen LogP contribution in [-0.4, -0.2) is 24.8 Å². The van der Waals surface area contributed by atoms with E-state index in [-0.39, 0.29) is 23.9 Å². The predicted octanol–water partition coefficient (Wildman–Crippen LogP) is 4.56. The number of hydrogen-bond acceptors (Lipinski definition) is 3. The summed E-state index contributed by atoms with van der Waals surface area (Å²) < 4.78 is 5.39. The largest absolute Gasteiger partial charge is 0.381 e. The summed E-state index contributed by atoms with van der Waals surface area (Å²) in [7, 11) is 0. The van der Waals surface area contributed by atoms with Gasteiger partial charge in [0.25, 0.3) is 0 Å². The Morgan fingerprint density at radius 1 is 1.00 bits per heavy atom. The maximum Gasteiger partial charge on any atom is 0.173 e. The van der Waals surface area contributed by atoms with Crippen molar-refractivity contribution in [3.63, 3.8) is 0 Å². The Bertz CT molecular complexity index is 895. The van der Waals surface area contributed by atoms with Gasteiger partial charge in [0.15, 0.2) is 11.6 Å². The molecule has 0 aromatic heterocycles. The third-order valence-electron chi connectivity index (χ3n) is 5.66. The Morgan fingerprint density at radius 2 is 1.70 bits per heavy atom. The Hall–Kier alpha value is -2.52. The van der Waals surface area contributed by atoms with E-state index in [1.54, 1.807) is 0 Å². The molecule has 4 rings (SSSR count). The molecule has 2 atom stereocenters. The van der Waals surface area contributed by atoms with Crippen LogP contribution in [0.1, 0.15) is 35.4 Å². The van der Waals surface area contributed by atoms with E-state index in [0.717, 1.165) is 40.8 Å². The molecular formula is C24H24O3. The van der Waals surface area contributed by atoms with E-state index in [2.05, 4.69) is 24.3 Å². The van der Waals surface area contributed by atoms with Crippen LogP contribution in [0, 0.1) is 19.8 Å². The second kappa shape index (κ2) is 7.24. The van der Waals surface area contributed by atoms with Gasteiger partial charge in [0.1, 0.15) is 5.92 Å². The summed E-state index contributed by atoms with van der Waals surface area (Å²) in [6, 6.07) is 14.4. The number of rotatable bonds is 3. The van der Waals surface area contributed by atoms with Gasteiger partial charge in [0.05, 0.1) is 6.61 Å². The van der Waals surface area contributed by atoms with Crippen LogP contribution in [0.3, 0.4) is 0 Å². The minimum absolute atomic E-state index is 0.0174. The monoisotopic (exact) mass is 360 g/mol. The van der Waals surface area contributed by atoms with Crippen molar-refractivity contribution >= 4 is 11.6 Å². The maximum atomic E-state index is 13.0. The van der Waals surface area contributed by atoms with Gasteiger partial charge < -0.3 is 4.74 Å². The summed E-state index contributed by atoms with van der Waals surface area (Å²) in [5.41, 5.74) is 5.83. The van der Waals surface area contributed by atoms with Crippen LogP contribution >= 0.6 is 0 Å². The quantitative estimate of drug-likeness (QED) is 0.595. The molecule has 3 heteroatoms. The zero-order valence-corrected chi connectivity index (χ0v) is 15.8. The van der Waals surface area contributed by atoms with Gasteiger partial charge in [-0.15, -0.1) is 0 Å². The lowest BCUT2D eigenvalue weighted by Crippen LogP contribution is -2.15. The Morgan fingerprint density at radius 3 is 2.33 bits per heavy atom. The van der Waals surface area contributed by atoms with E-state index in [9.17, 15) is 9.59 Å². The Labute approximate surface area is 160 Å². The second-order valence-corrected chi connectivity index (χ2v) is 7.65. The van der Waals surface area contributed by atoms with Gasteiger partial charge in [-0.05, 0) is 48.1 Å². The highest BCUT2D eigenvalue weighted by atomic mass is 16.5. The summed E-state index contributed by atoms with van der Waals surface area (Å²) in [5, 5.41) is 0. The molecule has 2 aromatic carbocycles. The third kappa shape index (κ3) is 3.40. The SMILES string of the molecule is Cc1cc(-c2ccccc2)cc(C)c1C1C(=O)C/C(=C\C2CCOC2)C1=O. The van der Waals surface area contributed by atoms with Crippen LogP contribution in [0.5, 0.6) is 0 Å². The van der Waals surface area contributed by atoms with Crippen molar-refractivity contribution in [2.24, 2.45) is 5.92 Å². The highest BCUT2D eigenvalue weighted by Crippen LogP contribution is 2.38. The fraction of sp³-hybridized carbons (Fsp3) is 0.333. The molecule has 0 bridgehead atoms. The summed E-state index contributed by atoms with van der Waals surface area (Å²) in [4.78, 5) is 25.8. The minimum Gasteiger partial charge on any atom is -0.381 e.